The van der Waals surface area contributed by atoms with E-state index in [4.69, 9.17) is 4.74 Å². The average molecular weight is 333 g/mol. The van der Waals surface area contributed by atoms with E-state index in [1.165, 1.54) is 0 Å². The van der Waals surface area contributed by atoms with Crippen LogP contribution < -0.4 is 10.6 Å². The first-order valence-electron chi connectivity index (χ1n) is 8.85. The highest BCUT2D eigenvalue weighted by atomic mass is 16.5. The van der Waals surface area contributed by atoms with E-state index in [9.17, 15) is 0 Å². The Bertz CT molecular complexity index is 491. The van der Waals surface area contributed by atoms with Gasteiger partial charge in [-0.25, -0.2) is 0 Å². The van der Waals surface area contributed by atoms with E-state index in [-0.39, 0.29) is 6.10 Å². The number of aliphatic imine (C=N–C) groups is 1. The molecule has 2 heterocycles. The van der Waals surface area contributed by atoms with Crippen LogP contribution >= 0.6 is 0 Å². The highest BCUT2D eigenvalue weighted by Gasteiger charge is 2.20. The number of pyridine rings is 1. The zero-order chi connectivity index (χ0) is 17.2. The van der Waals surface area contributed by atoms with Crippen LogP contribution in [0.25, 0.3) is 0 Å². The van der Waals surface area contributed by atoms with E-state index >= 15 is 0 Å². The first kappa shape index (κ1) is 18.7. The fourth-order valence-electron chi connectivity index (χ4n) is 2.87. The number of hydrogen-bond donors (Lipinski definition) is 2. The van der Waals surface area contributed by atoms with Gasteiger partial charge in [0.2, 0.25) is 0 Å². The molecule has 1 saturated heterocycles. The third-order valence-corrected chi connectivity index (χ3v) is 3.97. The molecule has 6 heteroatoms. The standard InChI is InChI=1S/C18H31N5O/c1-15(2)13-23-10-11-24-17(14-23)12-22-18(19-3)21-9-7-16-6-4-5-8-20-16/h4-6,8,15,17H,7,9-14H2,1-3H3,(H2,19,21,22). The van der Waals surface area contributed by atoms with Gasteiger partial charge in [0.1, 0.15) is 0 Å². The maximum absolute atomic E-state index is 5.86. The fourth-order valence-corrected chi connectivity index (χ4v) is 2.87. The molecule has 1 aromatic rings. The van der Waals surface area contributed by atoms with Crippen LogP contribution in [0.1, 0.15) is 19.5 Å². The molecule has 134 valence electrons. The Hall–Kier alpha value is -1.66. The van der Waals surface area contributed by atoms with E-state index in [0.29, 0.717) is 5.92 Å². The smallest absolute Gasteiger partial charge is 0.191 e. The Kier molecular flexibility index (Phi) is 7.98. The summed E-state index contributed by atoms with van der Waals surface area (Å²) >= 11 is 0. The Labute approximate surface area is 145 Å². The van der Waals surface area contributed by atoms with Crippen LogP contribution in [-0.4, -0.2) is 68.3 Å². The molecule has 0 amide bonds. The molecule has 0 aliphatic carbocycles. The van der Waals surface area contributed by atoms with Crippen LogP contribution in [0.5, 0.6) is 0 Å². The Morgan fingerprint density at radius 3 is 3.00 bits per heavy atom. The third kappa shape index (κ3) is 6.84. The molecule has 1 fully saturated rings. The second-order valence-electron chi connectivity index (χ2n) is 6.60. The summed E-state index contributed by atoms with van der Waals surface area (Å²) in [6, 6.07) is 5.99. The van der Waals surface area contributed by atoms with Crippen molar-refractivity contribution in [2.75, 3.05) is 46.4 Å². The zero-order valence-electron chi connectivity index (χ0n) is 15.2. The quantitative estimate of drug-likeness (QED) is 0.579. The van der Waals surface area contributed by atoms with Crippen LogP contribution in [-0.2, 0) is 11.2 Å². The van der Waals surface area contributed by atoms with E-state index in [0.717, 1.165) is 57.4 Å². The lowest BCUT2D eigenvalue weighted by atomic mass is 10.2. The van der Waals surface area contributed by atoms with Crippen molar-refractivity contribution >= 4 is 5.96 Å². The van der Waals surface area contributed by atoms with Gasteiger partial charge in [0.25, 0.3) is 0 Å². The molecule has 2 rings (SSSR count). The Morgan fingerprint density at radius 2 is 2.29 bits per heavy atom. The van der Waals surface area contributed by atoms with Gasteiger partial charge in [-0.1, -0.05) is 19.9 Å². The summed E-state index contributed by atoms with van der Waals surface area (Å²) in [7, 11) is 1.79. The molecule has 6 nitrogen and oxygen atoms in total. The summed E-state index contributed by atoms with van der Waals surface area (Å²) in [6.45, 7) is 10.1. The van der Waals surface area contributed by atoms with Crippen LogP contribution in [0.3, 0.4) is 0 Å². The van der Waals surface area contributed by atoms with Gasteiger partial charge in [0, 0.05) is 58.1 Å². The van der Waals surface area contributed by atoms with Gasteiger partial charge in [-0.15, -0.1) is 0 Å². The van der Waals surface area contributed by atoms with Crippen molar-refractivity contribution in [3.63, 3.8) is 0 Å². The molecule has 1 unspecified atom stereocenters. The molecule has 24 heavy (non-hydrogen) atoms. The number of nitrogens with zero attached hydrogens (tertiary/aromatic N) is 3. The third-order valence-electron chi connectivity index (χ3n) is 3.97. The van der Waals surface area contributed by atoms with Gasteiger partial charge in [-0.05, 0) is 18.1 Å². The van der Waals surface area contributed by atoms with Crippen molar-refractivity contribution in [1.29, 1.82) is 0 Å². The van der Waals surface area contributed by atoms with Crippen LogP contribution in [0.4, 0.5) is 0 Å². The SMILES string of the molecule is CN=C(NCCc1ccccn1)NCC1CN(CC(C)C)CCO1. The molecular formula is C18H31N5O. The lowest BCUT2D eigenvalue weighted by Gasteiger charge is -2.34. The number of morpholine rings is 1. The summed E-state index contributed by atoms with van der Waals surface area (Å²) in [5.41, 5.74) is 1.08. The first-order valence-corrected chi connectivity index (χ1v) is 8.85. The predicted molar refractivity (Wildman–Crippen MR) is 98.3 cm³/mol. The number of ether oxygens (including phenoxy) is 1. The maximum Gasteiger partial charge on any atom is 0.191 e. The number of nitrogens with one attached hydrogen (secondary N) is 2. The summed E-state index contributed by atoms with van der Waals surface area (Å²) in [4.78, 5) is 11.1. The number of aromatic nitrogens is 1. The normalized spacial score (nSPS) is 19.5. The topological polar surface area (TPSA) is 61.8 Å². The minimum absolute atomic E-state index is 0.215. The molecule has 1 atom stereocenters. The van der Waals surface area contributed by atoms with Crippen molar-refractivity contribution in [1.82, 2.24) is 20.5 Å². The number of hydrogen-bond acceptors (Lipinski definition) is 4. The van der Waals surface area contributed by atoms with Gasteiger partial charge in [0.15, 0.2) is 5.96 Å². The van der Waals surface area contributed by atoms with E-state index in [1.54, 1.807) is 7.05 Å². The highest BCUT2D eigenvalue weighted by Crippen LogP contribution is 2.07. The van der Waals surface area contributed by atoms with E-state index in [1.807, 2.05) is 24.4 Å². The van der Waals surface area contributed by atoms with Gasteiger partial charge in [0.05, 0.1) is 12.7 Å². The molecule has 0 saturated carbocycles. The van der Waals surface area contributed by atoms with Crippen molar-refractivity contribution in [2.24, 2.45) is 10.9 Å². The number of guanidine groups is 1. The largest absolute Gasteiger partial charge is 0.374 e. The monoisotopic (exact) mass is 333 g/mol. The molecular weight excluding hydrogens is 302 g/mol. The molecule has 0 aromatic carbocycles. The minimum atomic E-state index is 0.215. The first-order chi connectivity index (χ1) is 11.7. The molecule has 0 radical (unpaired) electrons. The van der Waals surface area contributed by atoms with Crippen molar-refractivity contribution in [2.45, 2.75) is 26.4 Å². The molecule has 2 N–H and O–H groups in total. The summed E-state index contributed by atoms with van der Waals surface area (Å²) < 4.78 is 5.86. The molecule has 1 aromatic heterocycles. The lowest BCUT2D eigenvalue weighted by molar-refractivity contribution is -0.0284. The van der Waals surface area contributed by atoms with Crippen molar-refractivity contribution < 1.29 is 4.74 Å². The van der Waals surface area contributed by atoms with E-state index < -0.39 is 0 Å². The summed E-state index contributed by atoms with van der Waals surface area (Å²) in [5, 5.41) is 6.70. The second kappa shape index (κ2) is 10.3. The van der Waals surface area contributed by atoms with Crippen LogP contribution in [0.15, 0.2) is 29.4 Å². The molecule has 1 aliphatic heterocycles. The van der Waals surface area contributed by atoms with Crippen molar-refractivity contribution in [3.05, 3.63) is 30.1 Å². The Balaban J connectivity index is 1.67. The summed E-state index contributed by atoms with van der Waals surface area (Å²) in [5.74, 6) is 1.51. The lowest BCUT2D eigenvalue weighted by Crippen LogP contribution is -2.50. The fraction of sp³-hybridized carbons (Fsp3) is 0.667. The van der Waals surface area contributed by atoms with Gasteiger partial charge >= 0.3 is 0 Å². The van der Waals surface area contributed by atoms with Crippen molar-refractivity contribution in [3.8, 4) is 0 Å². The van der Waals surface area contributed by atoms with Crippen LogP contribution in [0.2, 0.25) is 0 Å². The minimum Gasteiger partial charge on any atom is -0.374 e. The van der Waals surface area contributed by atoms with Gasteiger partial charge in [-0.3, -0.25) is 14.9 Å². The zero-order valence-corrected chi connectivity index (χ0v) is 15.2. The molecule has 0 bridgehead atoms. The highest BCUT2D eigenvalue weighted by molar-refractivity contribution is 5.79. The van der Waals surface area contributed by atoms with E-state index in [2.05, 4.69) is 39.4 Å². The number of rotatable bonds is 7. The predicted octanol–water partition coefficient (Wildman–Crippen LogP) is 1.15. The molecule has 0 spiro atoms. The van der Waals surface area contributed by atoms with Gasteiger partial charge in [-0.2, -0.15) is 0 Å². The second-order valence-corrected chi connectivity index (χ2v) is 6.60. The maximum atomic E-state index is 5.86. The van der Waals surface area contributed by atoms with Gasteiger partial charge < -0.3 is 15.4 Å². The average Bonchev–Trinajstić information content (AvgIpc) is 2.58. The summed E-state index contributed by atoms with van der Waals surface area (Å²) in [6.07, 6.45) is 2.92. The van der Waals surface area contributed by atoms with Crippen LogP contribution in [0, 0.1) is 5.92 Å². The Morgan fingerprint density at radius 1 is 1.42 bits per heavy atom. The molecule has 1 aliphatic rings.